The molecule has 1 aliphatic carbocycles. The molecule has 5 nitrogen and oxygen atoms in total. The van der Waals surface area contributed by atoms with Crippen molar-refractivity contribution in [2.45, 2.75) is 36.1 Å². The van der Waals surface area contributed by atoms with Gasteiger partial charge in [-0.15, -0.1) is 13.2 Å². The molecule has 0 heterocycles. The first-order valence-corrected chi connectivity index (χ1v) is 12.5. The van der Waals surface area contributed by atoms with Gasteiger partial charge >= 0.3 is 6.36 Å². The van der Waals surface area contributed by atoms with Crippen LogP contribution in [0.25, 0.3) is 5.57 Å². The zero-order valence-corrected chi connectivity index (χ0v) is 20.2. The van der Waals surface area contributed by atoms with Crippen molar-refractivity contribution in [3.63, 3.8) is 0 Å². The maximum absolute atomic E-state index is 13.2. The molecule has 0 aromatic heterocycles. The lowest BCUT2D eigenvalue weighted by molar-refractivity contribution is -0.342. The number of alkyl halides is 4. The quantitative estimate of drug-likeness (QED) is 0.473. The number of benzene rings is 2. The van der Waals surface area contributed by atoms with Gasteiger partial charge in [0.25, 0.3) is 0 Å². The Bertz CT molecular complexity index is 1230. The van der Waals surface area contributed by atoms with Gasteiger partial charge in [0.1, 0.15) is 0 Å². The van der Waals surface area contributed by atoms with Crippen molar-refractivity contribution >= 4 is 44.5 Å². The van der Waals surface area contributed by atoms with Crippen LogP contribution in [0.2, 0.25) is 0 Å². The summed E-state index contributed by atoms with van der Waals surface area (Å²) >= 11 is 12.6. The molecule has 3 rings (SSSR count). The molecule has 1 amide bonds. The predicted octanol–water partition coefficient (Wildman–Crippen LogP) is 5.55. The van der Waals surface area contributed by atoms with E-state index in [0.717, 1.165) is 0 Å². The number of hydrogen-bond acceptors (Lipinski definition) is 4. The molecule has 0 fully saturated rings. The molecule has 2 aromatic carbocycles. The molecular formula is C23H20Cl2F3NO4S. The summed E-state index contributed by atoms with van der Waals surface area (Å²) in [6, 6.07) is 13.8. The van der Waals surface area contributed by atoms with E-state index in [0.29, 0.717) is 11.1 Å². The monoisotopic (exact) mass is 533 g/mol. The highest BCUT2D eigenvalue weighted by Crippen LogP contribution is 2.48. The topological polar surface area (TPSA) is 72.5 Å². The van der Waals surface area contributed by atoms with Gasteiger partial charge in [-0.2, -0.15) is 0 Å². The van der Waals surface area contributed by atoms with Crippen molar-refractivity contribution in [2.75, 3.05) is 5.75 Å². The van der Waals surface area contributed by atoms with Gasteiger partial charge in [0, 0.05) is 17.7 Å². The van der Waals surface area contributed by atoms with Gasteiger partial charge in [-0.05, 0) is 29.3 Å². The largest absolute Gasteiger partial charge is 0.524 e. The van der Waals surface area contributed by atoms with Crippen molar-refractivity contribution in [1.82, 2.24) is 5.32 Å². The summed E-state index contributed by atoms with van der Waals surface area (Å²) < 4.78 is 67.7. The number of nitrogens with one attached hydrogen (secondary N) is 1. The molecule has 0 saturated heterocycles. The van der Waals surface area contributed by atoms with Crippen LogP contribution >= 0.6 is 23.2 Å². The fourth-order valence-electron chi connectivity index (χ4n) is 3.49. The second-order valence-corrected chi connectivity index (χ2v) is 10.8. The SMILES string of the molecule is CCS(=O)(=O)c1ccc(CC(=O)NC2=CC(Cl)=C(c3ccccc3)C(Cl)(OC(F)(F)F)C2)cc1. The van der Waals surface area contributed by atoms with E-state index in [1.165, 1.54) is 37.3 Å². The van der Waals surface area contributed by atoms with Crippen molar-refractivity contribution in [2.24, 2.45) is 0 Å². The first-order chi connectivity index (χ1) is 15.8. The Morgan fingerprint density at radius 2 is 1.74 bits per heavy atom. The lowest BCUT2D eigenvalue weighted by atomic mass is 9.92. The molecule has 0 spiro atoms. The smallest absolute Gasteiger partial charge is 0.329 e. The van der Waals surface area contributed by atoms with Crippen molar-refractivity contribution in [3.05, 3.63) is 82.5 Å². The Hall–Kier alpha value is -2.33. The minimum Gasteiger partial charge on any atom is -0.329 e. The standard InChI is InChI=1S/C23H20Cl2F3NO4S/c1-2-34(31,32)18-10-8-15(9-11-18)12-20(30)29-17-13-19(24)21(16-6-4-3-5-7-16)22(25,14-17)33-23(26,27)28/h3-11,13H,2,12,14H2,1H3,(H,29,30). The second kappa shape index (κ2) is 10.1. The summed E-state index contributed by atoms with van der Waals surface area (Å²) in [5.41, 5.74) is 0.827. The highest BCUT2D eigenvalue weighted by molar-refractivity contribution is 7.91. The zero-order chi connectivity index (χ0) is 25.1. The fraction of sp³-hybridized carbons (Fsp3) is 0.261. The van der Waals surface area contributed by atoms with Crippen LogP contribution in [0.5, 0.6) is 0 Å². The Labute approximate surface area is 205 Å². The number of carbonyl (C=O) groups excluding carboxylic acids is 1. The Morgan fingerprint density at radius 3 is 2.29 bits per heavy atom. The summed E-state index contributed by atoms with van der Waals surface area (Å²) in [5, 5.41) is 0.0116. The molecule has 182 valence electrons. The van der Waals surface area contributed by atoms with Gasteiger partial charge in [0.05, 0.1) is 22.1 Å². The first-order valence-electron chi connectivity index (χ1n) is 10.1. The minimum atomic E-state index is -5.06. The summed E-state index contributed by atoms with van der Waals surface area (Å²) in [6.45, 7) is 1.52. The van der Waals surface area contributed by atoms with E-state index in [2.05, 4.69) is 10.1 Å². The van der Waals surface area contributed by atoms with Gasteiger partial charge in [-0.1, -0.05) is 72.6 Å². The second-order valence-electron chi connectivity index (χ2n) is 7.48. The number of sulfone groups is 1. The van der Waals surface area contributed by atoms with Crippen molar-refractivity contribution in [1.29, 1.82) is 0 Å². The molecule has 2 aromatic rings. The third-order valence-electron chi connectivity index (χ3n) is 5.00. The molecular weight excluding hydrogens is 514 g/mol. The van der Waals surface area contributed by atoms with E-state index in [9.17, 15) is 26.4 Å². The van der Waals surface area contributed by atoms with E-state index in [1.807, 2.05) is 0 Å². The number of carbonyl (C=O) groups is 1. The van der Waals surface area contributed by atoms with Crippen molar-refractivity contribution < 1.29 is 31.1 Å². The van der Waals surface area contributed by atoms with E-state index in [1.54, 1.807) is 30.3 Å². The Kier molecular flexibility index (Phi) is 7.82. The molecule has 34 heavy (non-hydrogen) atoms. The highest BCUT2D eigenvalue weighted by atomic mass is 35.5. The van der Waals surface area contributed by atoms with Gasteiger partial charge < -0.3 is 5.32 Å². The maximum atomic E-state index is 13.2. The number of allylic oxidation sites excluding steroid dienone is 2. The normalized spacial score (nSPS) is 19.1. The number of hydrogen-bond donors (Lipinski definition) is 1. The number of rotatable bonds is 7. The number of halogens is 5. The van der Waals surface area contributed by atoms with Gasteiger partial charge in [-0.25, -0.2) is 8.42 Å². The van der Waals surface area contributed by atoms with Crippen LogP contribution in [0.4, 0.5) is 13.2 Å². The summed E-state index contributed by atoms with van der Waals surface area (Å²) in [6.07, 6.45) is -4.38. The number of ether oxygens (including phenoxy) is 1. The van der Waals surface area contributed by atoms with Crippen LogP contribution in [0.15, 0.2) is 76.3 Å². The predicted molar refractivity (Wildman–Crippen MR) is 124 cm³/mol. The summed E-state index contributed by atoms with van der Waals surface area (Å²) in [4.78, 5) is 12.7. The van der Waals surface area contributed by atoms with Gasteiger partial charge in [0.15, 0.2) is 14.9 Å². The minimum absolute atomic E-state index is 0.0408. The molecule has 1 unspecified atom stereocenters. The van der Waals surface area contributed by atoms with Crippen LogP contribution in [0.3, 0.4) is 0 Å². The highest BCUT2D eigenvalue weighted by Gasteiger charge is 2.48. The molecule has 0 aliphatic heterocycles. The van der Waals surface area contributed by atoms with E-state index >= 15 is 0 Å². The third kappa shape index (κ3) is 6.41. The van der Waals surface area contributed by atoms with Crippen LogP contribution < -0.4 is 5.32 Å². The molecule has 1 atom stereocenters. The molecule has 0 saturated carbocycles. The average molecular weight is 534 g/mol. The molecule has 0 bridgehead atoms. The summed E-state index contributed by atoms with van der Waals surface area (Å²) in [5.74, 6) is -0.601. The molecule has 11 heteroatoms. The zero-order valence-electron chi connectivity index (χ0n) is 17.8. The van der Waals surface area contributed by atoms with E-state index in [4.69, 9.17) is 23.2 Å². The van der Waals surface area contributed by atoms with Gasteiger partial charge in [-0.3, -0.25) is 9.53 Å². The Morgan fingerprint density at radius 1 is 1.12 bits per heavy atom. The van der Waals surface area contributed by atoms with Crippen molar-refractivity contribution in [3.8, 4) is 0 Å². The van der Waals surface area contributed by atoms with Crippen LogP contribution in [-0.2, 0) is 25.8 Å². The maximum Gasteiger partial charge on any atom is 0.524 e. The lowest BCUT2D eigenvalue weighted by Gasteiger charge is -2.35. The average Bonchev–Trinajstić information content (AvgIpc) is 2.72. The van der Waals surface area contributed by atoms with Crippen LogP contribution in [0.1, 0.15) is 24.5 Å². The fourth-order valence-corrected chi connectivity index (χ4v) is 5.26. The Balaban J connectivity index is 1.83. The van der Waals surface area contributed by atoms with E-state index in [-0.39, 0.29) is 33.4 Å². The van der Waals surface area contributed by atoms with E-state index < -0.39 is 33.6 Å². The third-order valence-corrected chi connectivity index (χ3v) is 7.45. The summed E-state index contributed by atoms with van der Waals surface area (Å²) in [7, 11) is -3.38. The first kappa shape index (κ1) is 26.3. The number of amides is 1. The lowest BCUT2D eigenvalue weighted by Crippen LogP contribution is -2.39. The molecule has 0 radical (unpaired) electrons. The molecule has 1 N–H and O–H groups in total. The molecule has 1 aliphatic rings. The van der Waals surface area contributed by atoms with Crippen LogP contribution in [0, 0.1) is 0 Å². The van der Waals surface area contributed by atoms with Gasteiger partial charge in [0.2, 0.25) is 5.91 Å². The van der Waals surface area contributed by atoms with Crippen LogP contribution in [-0.4, -0.2) is 31.5 Å².